The van der Waals surface area contributed by atoms with E-state index in [0.29, 0.717) is 24.2 Å². The lowest BCUT2D eigenvalue weighted by atomic mass is 9.81. The van der Waals surface area contributed by atoms with Crippen molar-refractivity contribution in [2.24, 2.45) is 5.73 Å². The molecule has 3 N–H and O–H groups in total. The Kier molecular flexibility index (Phi) is 5.28. The van der Waals surface area contributed by atoms with Crippen LogP contribution in [0.1, 0.15) is 75.6 Å². The zero-order valence-electron chi connectivity index (χ0n) is 18.0. The van der Waals surface area contributed by atoms with Crippen molar-refractivity contribution >= 4 is 29.2 Å². The molecular weight excluding hydrogens is 420 g/mol. The van der Waals surface area contributed by atoms with E-state index in [2.05, 4.69) is 16.4 Å². The average molecular weight is 444 g/mol. The van der Waals surface area contributed by atoms with Crippen molar-refractivity contribution < 1.29 is 19.2 Å². The van der Waals surface area contributed by atoms with Crippen molar-refractivity contribution in [1.29, 1.82) is 0 Å². The summed E-state index contributed by atoms with van der Waals surface area (Å²) in [5.74, 6) is -1.24. The van der Waals surface area contributed by atoms with Crippen LogP contribution in [0.25, 0.3) is 5.57 Å². The summed E-state index contributed by atoms with van der Waals surface area (Å²) in [6.45, 7) is 0.353. The maximum atomic E-state index is 13.1. The molecule has 2 aromatic rings. The number of carbonyl (C=O) groups excluding carboxylic acids is 4. The van der Waals surface area contributed by atoms with Gasteiger partial charge in [0.15, 0.2) is 0 Å². The predicted octanol–water partition coefficient (Wildman–Crippen LogP) is 2.29. The molecule has 3 heterocycles. The first-order valence-corrected chi connectivity index (χ1v) is 11.1. The van der Waals surface area contributed by atoms with Gasteiger partial charge in [0.1, 0.15) is 11.7 Å². The molecule has 0 spiro atoms. The van der Waals surface area contributed by atoms with E-state index in [1.807, 2.05) is 24.3 Å². The van der Waals surface area contributed by atoms with Crippen molar-refractivity contribution in [3.8, 4) is 0 Å². The normalized spacial score (nSPS) is 22.6. The van der Waals surface area contributed by atoms with Gasteiger partial charge in [-0.15, -0.1) is 0 Å². The maximum absolute atomic E-state index is 13.1. The number of primary amides is 1. The number of hydrogen-bond acceptors (Lipinski definition) is 5. The summed E-state index contributed by atoms with van der Waals surface area (Å²) < 4.78 is 0. The van der Waals surface area contributed by atoms with Gasteiger partial charge < -0.3 is 10.6 Å². The Morgan fingerprint density at radius 2 is 1.88 bits per heavy atom. The fourth-order valence-corrected chi connectivity index (χ4v) is 5.20. The van der Waals surface area contributed by atoms with Gasteiger partial charge >= 0.3 is 0 Å². The molecule has 2 unspecified atom stereocenters. The Bertz CT molecular complexity index is 1220. The predicted molar refractivity (Wildman–Crippen MR) is 120 cm³/mol. The maximum Gasteiger partial charge on any atom is 0.267 e. The van der Waals surface area contributed by atoms with Gasteiger partial charge in [0.05, 0.1) is 0 Å². The molecule has 4 amide bonds. The van der Waals surface area contributed by atoms with Gasteiger partial charge in [-0.05, 0) is 66.0 Å². The van der Waals surface area contributed by atoms with Crippen LogP contribution in [0.15, 0.2) is 42.6 Å². The van der Waals surface area contributed by atoms with E-state index >= 15 is 0 Å². The highest BCUT2D eigenvalue weighted by atomic mass is 16.2. The number of nitrogens with zero attached hydrogens (tertiary/aromatic N) is 2. The number of rotatable bonds is 4. The number of amides is 4. The first kappa shape index (κ1) is 21.1. The number of carbonyl (C=O) groups is 4. The number of benzene rings is 1. The number of fused-ring (bicyclic) bond motifs is 1. The Hall–Kier alpha value is -3.81. The number of allylic oxidation sites excluding steroid dienone is 2. The molecule has 0 saturated carbocycles. The van der Waals surface area contributed by atoms with Crippen LogP contribution in [0.4, 0.5) is 0 Å². The smallest absolute Gasteiger partial charge is 0.267 e. The van der Waals surface area contributed by atoms with Crippen LogP contribution in [-0.2, 0) is 16.1 Å². The molecule has 5 rings (SSSR count). The molecule has 2 atom stereocenters. The zero-order valence-corrected chi connectivity index (χ0v) is 18.0. The van der Waals surface area contributed by atoms with Crippen LogP contribution in [-0.4, -0.2) is 39.6 Å². The molecule has 168 valence electrons. The second-order valence-corrected chi connectivity index (χ2v) is 8.74. The number of piperidine rings is 1. The molecule has 33 heavy (non-hydrogen) atoms. The molecular formula is C25H24N4O4. The first-order chi connectivity index (χ1) is 15.9. The summed E-state index contributed by atoms with van der Waals surface area (Å²) in [7, 11) is 0. The number of nitrogens with one attached hydrogen (secondary N) is 1. The monoisotopic (exact) mass is 444 g/mol. The van der Waals surface area contributed by atoms with Gasteiger partial charge in [-0.2, -0.15) is 0 Å². The molecule has 8 nitrogen and oxygen atoms in total. The van der Waals surface area contributed by atoms with Crippen molar-refractivity contribution in [3.63, 3.8) is 0 Å². The Balaban J connectivity index is 1.39. The highest BCUT2D eigenvalue weighted by Crippen LogP contribution is 2.40. The third-order valence-corrected chi connectivity index (χ3v) is 6.85. The van der Waals surface area contributed by atoms with Gasteiger partial charge in [0, 0.05) is 24.7 Å². The number of imide groups is 1. The van der Waals surface area contributed by atoms with E-state index in [-0.39, 0.29) is 24.2 Å². The van der Waals surface area contributed by atoms with Gasteiger partial charge in [-0.1, -0.05) is 24.3 Å². The van der Waals surface area contributed by atoms with Gasteiger partial charge in [-0.3, -0.25) is 29.5 Å². The largest absolute Gasteiger partial charge is 0.364 e. The Morgan fingerprint density at radius 1 is 1.06 bits per heavy atom. The SMILES string of the molecule is NC(=O)c1ncccc1C1CC=C(c2cccc3c2CN(C2CCC(=O)NC2=O)C3=O)CC1. The van der Waals surface area contributed by atoms with Crippen LogP contribution in [0.5, 0.6) is 0 Å². The number of pyridine rings is 1. The van der Waals surface area contributed by atoms with Gasteiger partial charge in [0.2, 0.25) is 11.8 Å². The molecule has 1 aromatic carbocycles. The first-order valence-electron chi connectivity index (χ1n) is 11.1. The minimum absolute atomic E-state index is 0.156. The summed E-state index contributed by atoms with van der Waals surface area (Å²) in [6.07, 6.45) is 6.70. The standard InChI is InChI=1S/C25H24N4O4/c26-23(31)22-17(5-2-12-27-22)15-8-6-14(7-9-15)16-3-1-4-18-19(16)13-29(25(18)33)20-10-11-21(30)28-24(20)32/h1-6,12,15,20H,7-11,13H2,(H2,26,31)(H,28,30,32). The van der Waals surface area contributed by atoms with E-state index < -0.39 is 17.9 Å². The van der Waals surface area contributed by atoms with Gasteiger partial charge in [-0.25, -0.2) is 0 Å². The van der Waals surface area contributed by atoms with E-state index in [1.165, 1.54) is 0 Å². The third-order valence-electron chi connectivity index (χ3n) is 6.85. The van der Waals surface area contributed by atoms with Crippen LogP contribution in [0, 0.1) is 0 Å². The van der Waals surface area contributed by atoms with Crippen molar-refractivity contribution in [2.75, 3.05) is 0 Å². The van der Waals surface area contributed by atoms with Crippen LogP contribution in [0.2, 0.25) is 0 Å². The fourth-order valence-electron chi connectivity index (χ4n) is 5.20. The average Bonchev–Trinajstić information content (AvgIpc) is 3.15. The molecule has 2 aliphatic heterocycles. The summed E-state index contributed by atoms with van der Waals surface area (Å²) in [5.41, 5.74) is 10.4. The number of hydrogen-bond donors (Lipinski definition) is 2. The topological polar surface area (TPSA) is 122 Å². The molecule has 0 radical (unpaired) electrons. The lowest BCUT2D eigenvalue weighted by Gasteiger charge is -2.29. The zero-order chi connectivity index (χ0) is 23.1. The summed E-state index contributed by atoms with van der Waals surface area (Å²) in [5, 5.41) is 2.34. The molecule has 1 aliphatic carbocycles. The highest BCUT2D eigenvalue weighted by molar-refractivity contribution is 6.06. The van der Waals surface area contributed by atoms with Gasteiger partial charge in [0.25, 0.3) is 11.8 Å². The summed E-state index contributed by atoms with van der Waals surface area (Å²) in [6, 6.07) is 8.80. The number of aromatic nitrogens is 1. The third kappa shape index (κ3) is 3.71. The molecule has 8 heteroatoms. The molecule has 3 aliphatic rings. The van der Waals surface area contributed by atoms with E-state index in [4.69, 9.17) is 5.73 Å². The second-order valence-electron chi connectivity index (χ2n) is 8.74. The lowest BCUT2D eigenvalue weighted by Crippen LogP contribution is -2.52. The molecule has 1 aromatic heterocycles. The van der Waals surface area contributed by atoms with Crippen molar-refractivity contribution in [2.45, 2.75) is 50.6 Å². The van der Waals surface area contributed by atoms with E-state index in [0.717, 1.165) is 41.5 Å². The summed E-state index contributed by atoms with van der Waals surface area (Å²) >= 11 is 0. The minimum atomic E-state index is -0.627. The fraction of sp³-hybridized carbons (Fsp3) is 0.320. The quantitative estimate of drug-likeness (QED) is 0.701. The van der Waals surface area contributed by atoms with Crippen molar-refractivity contribution in [1.82, 2.24) is 15.2 Å². The Labute approximate surface area is 190 Å². The van der Waals surface area contributed by atoms with Crippen molar-refractivity contribution in [3.05, 3.63) is 70.6 Å². The van der Waals surface area contributed by atoms with Crippen LogP contribution < -0.4 is 11.1 Å². The number of nitrogens with two attached hydrogens (primary N) is 1. The molecule has 1 saturated heterocycles. The molecule has 1 fully saturated rings. The van der Waals surface area contributed by atoms with Crippen LogP contribution >= 0.6 is 0 Å². The van der Waals surface area contributed by atoms with E-state index in [9.17, 15) is 19.2 Å². The highest BCUT2D eigenvalue weighted by Gasteiger charge is 2.40. The summed E-state index contributed by atoms with van der Waals surface area (Å²) in [4.78, 5) is 54.5. The Morgan fingerprint density at radius 3 is 2.61 bits per heavy atom. The second kappa shape index (κ2) is 8.27. The van der Waals surface area contributed by atoms with E-state index in [1.54, 1.807) is 17.2 Å². The minimum Gasteiger partial charge on any atom is -0.364 e. The van der Waals surface area contributed by atoms with Crippen LogP contribution in [0.3, 0.4) is 0 Å². The lowest BCUT2D eigenvalue weighted by molar-refractivity contribution is -0.136. The molecule has 0 bridgehead atoms.